The molecule has 7 nitrogen and oxygen atoms in total. The molecule has 0 saturated heterocycles. The van der Waals surface area contributed by atoms with Crippen LogP contribution in [0.1, 0.15) is 15.9 Å². The average Bonchev–Trinajstić information content (AvgIpc) is 2.84. The highest BCUT2D eigenvalue weighted by molar-refractivity contribution is 6.10. The standard InChI is InChI=1S/C25H24N2O5/c1-30-20-12-10-19(11-13-20)26-25(29)21(27-24(28)18-7-5-4-6-8-18)15-17-9-14-22(31-2)23(16-17)32-3/h4-16H,1-3H3,(H,26,29)(H,27,28)/b21-15+. The molecule has 0 fully saturated rings. The van der Waals surface area contributed by atoms with Crippen molar-refractivity contribution >= 4 is 23.6 Å². The van der Waals surface area contributed by atoms with Crippen LogP contribution in [0.4, 0.5) is 5.69 Å². The van der Waals surface area contributed by atoms with Gasteiger partial charge in [-0.1, -0.05) is 24.3 Å². The monoisotopic (exact) mass is 432 g/mol. The van der Waals surface area contributed by atoms with Crippen molar-refractivity contribution in [3.8, 4) is 17.2 Å². The number of carbonyl (C=O) groups excluding carboxylic acids is 2. The Morgan fingerprint density at radius 1 is 0.781 bits per heavy atom. The highest BCUT2D eigenvalue weighted by atomic mass is 16.5. The normalized spacial score (nSPS) is 10.8. The fraction of sp³-hybridized carbons (Fsp3) is 0.120. The number of amides is 2. The molecule has 164 valence electrons. The zero-order valence-electron chi connectivity index (χ0n) is 18.0. The van der Waals surface area contributed by atoms with Gasteiger partial charge < -0.3 is 24.8 Å². The van der Waals surface area contributed by atoms with Gasteiger partial charge in [-0.15, -0.1) is 0 Å². The van der Waals surface area contributed by atoms with E-state index in [2.05, 4.69) is 10.6 Å². The third-order valence-corrected chi connectivity index (χ3v) is 4.60. The van der Waals surface area contributed by atoms with E-state index in [0.717, 1.165) is 0 Å². The van der Waals surface area contributed by atoms with Crippen molar-refractivity contribution in [1.82, 2.24) is 5.32 Å². The summed E-state index contributed by atoms with van der Waals surface area (Å²) in [5.41, 5.74) is 1.71. The highest BCUT2D eigenvalue weighted by Gasteiger charge is 2.16. The first-order chi connectivity index (χ1) is 15.5. The van der Waals surface area contributed by atoms with Crippen LogP contribution in [0.2, 0.25) is 0 Å². The van der Waals surface area contributed by atoms with Gasteiger partial charge in [0.05, 0.1) is 21.3 Å². The molecule has 2 amide bonds. The van der Waals surface area contributed by atoms with Crippen molar-refractivity contribution < 1.29 is 23.8 Å². The number of hydrogen-bond donors (Lipinski definition) is 2. The Kier molecular flexibility index (Phi) is 7.48. The molecule has 0 unspecified atom stereocenters. The van der Waals surface area contributed by atoms with E-state index in [1.807, 2.05) is 6.07 Å². The Morgan fingerprint density at radius 2 is 1.47 bits per heavy atom. The molecule has 3 rings (SSSR count). The molecule has 0 aliphatic heterocycles. The van der Waals surface area contributed by atoms with E-state index >= 15 is 0 Å². The van der Waals surface area contributed by atoms with Crippen LogP contribution in [0.15, 0.2) is 78.5 Å². The number of methoxy groups -OCH3 is 3. The molecule has 3 aromatic rings. The molecule has 0 aliphatic carbocycles. The lowest BCUT2D eigenvalue weighted by Crippen LogP contribution is -2.30. The predicted molar refractivity (Wildman–Crippen MR) is 123 cm³/mol. The first kappa shape index (κ1) is 22.4. The molecule has 2 N–H and O–H groups in total. The van der Waals surface area contributed by atoms with Crippen molar-refractivity contribution in [2.75, 3.05) is 26.6 Å². The Bertz CT molecular complexity index is 1110. The lowest BCUT2D eigenvalue weighted by molar-refractivity contribution is -0.113. The van der Waals surface area contributed by atoms with Gasteiger partial charge in [-0.2, -0.15) is 0 Å². The van der Waals surface area contributed by atoms with E-state index in [1.54, 1.807) is 87.0 Å². The third kappa shape index (κ3) is 5.66. The molecule has 32 heavy (non-hydrogen) atoms. The zero-order valence-corrected chi connectivity index (χ0v) is 18.0. The van der Waals surface area contributed by atoms with Gasteiger partial charge in [0.1, 0.15) is 11.4 Å². The van der Waals surface area contributed by atoms with Gasteiger partial charge in [-0.05, 0) is 60.2 Å². The molecule has 0 aliphatic rings. The van der Waals surface area contributed by atoms with Crippen molar-refractivity contribution in [2.24, 2.45) is 0 Å². The molecule has 0 spiro atoms. The van der Waals surface area contributed by atoms with E-state index in [9.17, 15) is 9.59 Å². The number of anilines is 1. The fourth-order valence-corrected chi connectivity index (χ4v) is 2.92. The molecule has 0 bridgehead atoms. The molecule has 3 aromatic carbocycles. The molecule has 0 heterocycles. The molecule has 0 atom stereocenters. The summed E-state index contributed by atoms with van der Waals surface area (Å²) in [5, 5.41) is 5.49. The second-order valence-electron chi connectivity index (χ2n) is 6.68. The number of nitrogens with one attached hydrogen (secondary N) is 2. The van der Waals surface area contributed by atoms with Crippen LogP contribution in [0.5, 0.6) is 17.2 Å². The van der Waals surface area contributed by atoms with Crippen LogP contribution in [-0.2, 0) is 4.79 Å². The molecule has 0 saturated carbocycles. The van der Waals surface area contributed by atoms with Gasteiger partial charge in [0, 0.05) is 11.3 Å². The summed E-state index contributed by atoms with van der Waals surface area (Å²) in [7, 11) is 4.64. The first-order valence-corrected chi connectivity index (χ1v) is 9.79. The minimum Gasteiger partial charge on any atom is -0.497 e. The second-order valence-corrected chi connectivity index (χ2v) is 6.68. The van der Waals surface area contributed by atoms with Crippen LogP contribution in [-0.4, -0.2) is 33.1 Å². The SMILES string of the molecule is COc1ccc(NC(=O)/C(=C\c2ccc(OC)c(OC)c2)NC(=O)c2ccccc2)cc1. The fourth-order valence-electron chi connectivity index (χ4n) is 2.92. The quantitative estimate of drug-likeness (QED) is 0.523. The lowest BCUT2D eigenvalue weighted by atomic mass is 10.1. The van der Waals surface area contributed by atoms with E-state index < -0.39 is 11.8 Å². The molecular formula is C25H24N2O5. The van der Waals surface area contributed by atoms with Gasteiger partial charge in [-0.25, -0.2) is 0 Å². The van der Waals surface area contributed by atoms with Crippen molar-refractivity contribution in [3.63, 3.8) is 0 Å². The van der Waals surface area contributed by atoms with Crippen LogP contribution >= 0.6 is 0 Å². The van der Waals surface area contributed by atoms with Gasteiger partial charge in [-0.3, -0.25) is 9.59 Å². The lowest BCUT2D eigenvalue weighted by Gasteiger charge is -2.13. The summed E-state index contributed by atoms with van der Waals surface area (Å²) in [6.45, 7) is 0. The minimum atomic E-state index is -0.478. The summed E-state index contributed by atoms with van der Waals surface area (Å²) in [5.74, 6) is 0.852. The summed E-state index contributed by atoms with van der Waals surface area (Å²) >= 11 is 0. The molecular weight excluding hydrogens is 408 g/mol. The summed E-state index contributed by atoms with van der Waals surface area (Å²) in [4.78, 5) is 25.8. The average molecular weight is 432 g/mol. The zero-order chi connectivity index (χ0) is 22.9. The minimum absolute atomic E-state index is 0.0712. The Morgan fingerprint density at radius 3 is 2.09 bits per heavy atom. The number of rotatable bonds is 8. The van der Waals surface area contributed by atoms with Crippen molar-refractivity contribution in [3.05, 3.63) is 89.6 Å². The van der Waals surface area contributed by atoms with Gasteiger partial charge >= 0.3 is 0 Å². The Balaban J connectivity index is 1.91. The van der Waals surface area contributed by atoms with Crippen molar-refractivity contribution in [1.29, 1.82) is 0 Å². The van der Waals surface area contributed by atoms with Gasteiger partial charge in [0.15, 0.2) is 11.5 Å². The molecule has 7 heteroatoms. The topological polar surface area (TPSA) is 85.9 Å². The highest BCUT2D eigenvalue weighted by Crippen LogP contribution is 2.28. The van der Waals surface area contributed by atoms with Gasteiger partial charge in [0.25, 0.3) is 11.8 Å². The maximum Gasteiger partial charge on any atom is 0.272 e. The van der Waals surface area contributed by atoms with E-state index in [1.165, 1.54) is 7.11 Å². The Hall–Kier alpha value is -4.26. The van der Waals surface area contributed by atoms with Crippen LogP contribution in [0, 0.1) is 0 Å². The maximum absolute atomic E-state index is 13.0. The molecule has 0 radical (unpaired) electrons. The van der Waals surface area contributed by atoms with E-state index in [4.69, 9.17) is 14.2 Å². The number of hydrogen-bond acceptors (Lipinski definition) is 5. The summed E-state index contributed by atoms with van der Waals surface area (Å²) in [6, 6.07) is 20.8. The summed E-state index contributed by atoms with van der Waals surface area (Å²) < 4.78 is 15.7. The number of carbonyl (C=O) groups is 2. The Labute approximate surface area is 186 Å². The predicted octanol–water partition coefficient (Wildman–Crippen LogP) is 4.12. The van der Waals surface area contributed by atoms with E-state index in [0.29, 0.717) is 34.1 Å². The van der Waals surface area contributed by atoms with Crippen LogP contribution < -0.4 is 24.8 Å². The van der Waals surface area contributed by atoms with Crippen molar-refractivity contribution in [2.45, 2.75) is 0 Å². The number of benzene rings is 3. The van der Waals surface area contributed by atoms with Crippen LogP contribution in [0.25, 0.3) is 6.08 Å². The second kappa shape index (κ2) is 10.7. The van der Waals surface area contributed by atoms with Crippen LogP contribution in [0.3, 0.4) is 0 Å². The third-order valence-electron chi connectivity index (χ3n) is 4.60. The molecule has 0 aromatic heterocycles. The number of ether oxygens (including phenoxy) is 3. The largest absolute Gasteiger partial charge is 0.497 e. The van der Waals surface area contributed by atoms with E-state index in [-0.39, 0.29) is 5.70 Å². The first-order valence-electron chi connectivity index (χ1n) is 9.79. The maximum atomic E-state index is 13.0. The van der Waals surface area contributed by atoms with Gasteiger partial charge in [0.2, 0.25) is 0 Å². The smallest absolute Gasteiger partial charge is 0.272 e. The summed E-state index contributed by atoms with van der Waals surface area (Å²) in [6.07, 6.45) is 1.57.